The molecule has 5 nitrogen and oxygen atoms in total. The summed E-state index contributed by atoms with van der Waals surface area (Å²) in [5.74, 6) is -0.0203. The van der Waals surface area contributed by atoms with Crippen LogP contribution in [0.3, 0.4) is 0 Å². The molecular formula is C32H23Cl4N3O2. The van der Waals surface area contributed by atoms with Gasteiger partial charge in [0.2, 0.25) is 0 Å². The fourth-order valence-electron chi connectivity index (χ4n) is 4.28. The van der Waals surface area contributed by atoms with Gasteiger partial charge in [0.25, 0.3) is 5.91 Å². The molecule has 0 bridgehead atoms. The Morgan fingerprint density at radius 2 is 1.54 bits per heavy atom. The maximum atomic E-state index is 12.7. The Balaban J connectivity index is 1.23. The molecule has 1 N–H and O–H groups in total. The molecule has 41 heavy (non-hydrogen) atoms. The van der Waals surface area contributed by atoms with E-state index in [0.717, 1.165) is 28.2 Å². The number of ether oxygens (including phenoxy) is 1. The number of hydrogen-bond donors (Lipinski definition) is 1. The number of nitrogens with zero attached hydrogens (tertiary/aromatic N) is 2. The van der Waals surface area contributed by atoms with E-state index in [-0.39, 0.29) is 12.5 Å². The quantitative estimate of drug-likeness (QED) is 0.138. The third-order valence-electron chi connectivity index (χ3n) is 6.30. The Kier molecular flexibility index (Phi) is 9.01. The van der Waals surface area contributed by atoms with E-state index in [1.807, 2.05) is 30.3 Å². The average Bonchev–Trinajstić information content (AvgIpc) is 3.36. The maximum Gasteiger partial charge on any atom is 0.271 e. The zero-order valence-corrected chi connectivity index (χ0v) is 24.8. The Labute approximate surface area is 257 Å². The van der Waals surface area contributed by atoms with Crippen LogP contribution in [0.5, 0.6) is 5.75 Å². The molecule has 4 aromatic carbocycles. The number of amides is 1. The molecule has 0 atom stereocenters. The van der Waals surface area contributed by atoms with Crippen molar-refractivity contribution in [3.8, 4) is 22.7 Å². The molecule has 0 aliphatic rings. The summed E-state index contributed by atoms with van der Waals surface area (Å²) in [6, 6.07) is 30.2. The standard InChI is InChI=1S/C32H23Cl4N3O2/c1-20-7-14-30(23-5-3-2-4-6-23)39(20)25-11-9-24(10-12-25)32(40)38-37-18-22-16-28(35)31(29(36)17-22)41-19-21-8-13-26(33)27(34)15-21/h2-18H,19H2,1H3,(H,38,40)/b37-18+. The molecule has 1 aromatic heterocycles. The van der Waals surface area contributed by atoms with Crippen LogP contribution in [0.4, 0.5) is 0 Å². The minimum atomic E-state index is -0.348. The van der Waals surface area contributed by atoms with E-state index in [4.69, 9.17) is 51.1 Å². The largest absolute Gasteiger partial charge is 0.486 e. The molecule has 9 heteroatoms. The molecule has 0 radical (unpaired) electrons. The van der Waals surface area contributed by atoms with Gasteiger partial charge in [-0.15, -0.1) is 0 Å². The molecule has 0 saturated heterocycles. The van der Waals surface area contributed by atoms with Crippen molar-refractivity contribution in [3.63, 3.8) is 0 Å². The molecule has 0 saturated carbocycles. The van der Waals surface area contributed by atoms with Gasteiger partial charge in [0.15, 0.2) is 5.75 Å². The molecule has 0 aliphatic heterocycles. The van der Waals surface area contributed by atoms with Crippen molar-refractivity contribution in [2.75, 3.05) is 0 Å². The minimum Gasteiger partial charge on any atom is -0.486 e. The topological polar surface area (TPSA) is 55.6 Å². The van der Waals surface area contributed by atoms with Crippen molar-refractivity contribution < 1.29 is 9.53 Å². The molecular weight excluding hydrogens is 600 g/mol. The van der Waals surface area contributed by atoms with E-state index in [2.05, 4.69) is 46.3 Å². The van der Waals surface area contributed by atoms with Gasteiger partial charge < -0.3 is 9.30 Å². The van der Waals surface area contributed by atoms with E-state index in [0.29, 0.717) is 37.0 Å². The van der Waals surface area contributed by atoms with Crippen molar-refractivity contribution in [2.24, 2.45) is 5.10 Å². The number of nitrogens with one attached hydrogen (secondary N) is 1. The van der Waals surface area contributed by atoms with Gasteiger partial charge >= 0.3 is 0 Å². The fourth-order valence-corrected chi connectivity index (χ4v) is 5.22. The van der Waals surface area contributed by atoms with Gasteiger partial charge in [-0.3, -0.25) is 4.79 Å². The van der Waals surface area contributed by atoms with Crippen LogP contribution in [0, 0.1) is 6.92 Å². The molecule has 0 spiro atoms. The second-order valence-electron chi connectivity index (χ2n) is 9.16. The SMILES string of the molecule is Cc1ccc(-c2ccccc2)n1-c1ccc(C(=O)N/N=C/c2cc(Cl)c(OCc3ccc(Cl)c(Cl)c3)c(Cl)c2)cc1. The van der Waals surface area contributed by atoms with Crippen molar-refractivity contribution in [3.05, 3.63) is 140 Å². The van der Waals surface area contributed by atoms with Gasteiger partial charge in [-0.2, -0.15) is 5.10 Å². The summed E-state index contributed by atoms with van der Waals surface area (Å²) in [6.07, 6.45) is 1.46. The second kappa shape index (κ2) is 12.8. The van der Waals surface area contributed by atoms with Crippen LogP contribution in [0.1, 0.15) is 27.2 Å². The van der Waals surface area contributed by atoms with Crippen LogP contribution >= 0.6 is 46.4 Å². The zero-order valence-electron chi connectivity index (χ0n) is 21.7. The van der Waals surface area contributed by atoms with Crippen molar-refractivity contribution in [1.29, 1.82) is 0 Å². The molecule has 0 aliphatic carbocycles. The van der Waals surface area contributed by atoms with Crippen LogP contribution in [0.2, 0.25) is 20.1 Å². The first kappa shape index (κ1) is 28.8. The monoisotopic (exact) mass is 621 g/mol. The highest BCUT2D eigenvalue weighted by atomic mass is 35.5. The molecule has 206 valence electrons. The smallest absolute Gasteiger partial charge is 0.271 e. The Morgan fingerprint density at radius 1 is 0.829 bits per heavy atom. The maximum absolute atomic E-state index is 12.7. The first-order valence-corrected chi connectivity index (χ1v) is 14.0. The Bertz CT molecular complexity index is 1710. The Morgan fingerprint density at radius 3 is 2.22 bits per heavy atom. The van der Waals surface area contributed by atoms with Crippen LogP contribution < -0.4 is 10.2 Å². The number of aryl methyl sites for hydroxylation is 1. The molecule has 5 aromatic rings. The van der Waals surface area contributed by atoms with Gasteiger partial charge in [-0.25, -0.2) is 5.43 Å². The van der Waals surface area contributed by atoms with Gasteiger partial charge in [0.1, 0.15) is 6.61 Å². The third kappa shape index (κ3) is 6.77. The summed E-state index contributed by atoms with van der Waals surface area (Å²) in [5.41, 5.74) is 8.66. The number of carbonyl (C=O) groups excluding carboxylic acids is 1. The lowest BCUT2D eigenvalue weighted by Crippen LogP contribution is -2.17. The lowest BCUT2D eigenvalue weighted by atomic mass is 10.1. The summed E-state index contributed by atoms with van der Waals surface area (Å²) in [7, 11) is 0. The molecule has 1 heterocycles. The first-order valence-electron chi connectivity index (χ1n) is 12.5. The number of aromatic nitrogens is 1. The van der Waals surface area contributed by atoms with Crippen molar-refractivity contribution in [2.45, 2.75) is 13.5 Å². The van der Waals surface area contributed by atoms with Crippen LogP contribution in [0.15, 0.2) is 102 Å². The van der Waals surface area contributed by atoms with Crippen molar-refractivity contribution in [1.82, 2.24) is 9.99 Å². The van der Waals surface area contributed by atoms with E-state index in [1.54, 1.807) is 42.5 Å². The lowest BCUT2D eigenvalue weighted by Gasteiger charge is -2.13. The van der Waals surface area contributed by atoms with Gasteiger partial charge in [-0.05, 0) is 84.3 Å². The van der Waals surface area contributed by atoms with E-state index < -0.39 is 0 Å². The van der Waals surface area contributed by atoms with E-state index in [1.165, 1.54) is 6.21 Å². The lowest BCUT2D eigenvalue weighted by molar-refractivity contribution is 0.0955. The summed E-state index contributed by atoms with van der Waals surface area (Å²) in [4.78, 5) is 12.7. The average molecular weight is 623 g/mol. The number of benzene rings is 4. The molecule has 0 unspecified atom stereocenters. The van der Waals surface area contributed by atoms with Crippen molar-refractivity contribution >= 4 is 58.5 Å². The van der Waals surface area contributed by atoms with Crippen LogP contribution in [-0.4, -0.2) is 16.7 Å². The van der Waals surface area contributed by atoms with Crippen LogP contribution in [-0.2, 0) is 6.61 Å². The highest BCUT2D eigenvalue weighted by Gasteiger charge is 2.12. The summed E-state index contributed by atoms with van der Waals surface area (Å²) < 4.78 is 7.95. The fraction of sp³-hybridized carbons (Fsp3) is 0.0625. The number of halogens is 4. The molecule has 0 fully saturated rings. The third-order valence-corrected chi connectivity index (χ3v) is 7.60. The number of hydrogen-bond acceptors (Lipinski definition) is 3. The first-order chi connectivity index (χ1) is 19.8. The zero-order chi connectivity index (χ0) is 28.9. The number of carbonyl (C=O) groups is 1. The number of rotatable bonds is 8. The minimum absolute atomic E-state index is 0.204. The van der Waals surface area contributed by atoms with E-state index in [9.17, 15) is 4.79 Å². The van der Waals surface area contributed by atoms with Gasteiger partial charge in [0, 0.05) is 16.9 Å². The Hall–Kier alpha value is -3.74. The second-order valence-corrected chi connectivity index (χ2v) is 10.8. The highest BCUT2D eigenvalue weighted by molar-refractivity contribution is 6.42. The predicted octanol–water partition coefficient (Wildman–Crippen LogP) is 9.41. The predicted molar refractivity (Wildman–Crippen MR) is 168 cm³/mol. The van der Waals surface area contributed by atoms with Gasteiger partial charge in [-0.1, -0.05) is 82.8 Å². The summed E-state index contributed by atoms with van der Waals surface area (Å²) >= 11 is 24.8. The highest BCUT2D eigenvalue weighted by Crippen LogP contribution is 2.35. The molecule has 1 amide bonds. The van der Waals surface area contributed by atoms with E-state index >= 15 is 0 Å². The van der Waals surface area contributed by atoms with Gasteiger partial charge in [0.05, 0.1) is 32.0 Å². The summed E-state index contributed by atoms with van der Waals surface area (Å²) in [6.45, 7) is 2.25. The van der Waals surface area contributed by atoms with Crippen LogP contribution in [0.25, 0.3) is 16.9 Å². The summed E-state index contributed by atoms with van der Waals surface area (Å²) in [5, 5.41) is 5.57. The molecule has 5 rings (SSSR count). The normalized spacial score (nSPS) is 11.1. The number of hydrazone groups is 1.